The predicted molar refractivity (Wildman–Crippen MR) is 89.4 cm³/mol. The number of halogens is 1. The van der Waals surface area contributed by atoms with Crippen molar-refractivity contribution in [1.82, 2.24) is 14.6 Å². The Morgan fingerprint density at radius 3 is 2.86 bits per heavy atom. The molecule has 22 heavy (non-hydrogen) atoms. The van der Waals surface area contributed by atoms with E-state index in [1.165, 1.54) is 30.5 Å². The van der Waals surface area contributed by atoms with Gasteiger partial charge in [0.25, 0.3) is 0 Å². The summed E-state index contributed by atoms with van der Waals surface area (Å²) in [6.45, 7) is 2.05. The van der Waals surface area contributed by atoms with E-state index in [-0.39, 0.29) is 0 Å². The van der Waals surface area contributed by atoms with E-state index in [9.17, 15) is 0 Å². The molecule has 0 unspecified atom stereocenters. The second kappa shape index (κ2) is 5.40. The number of hydrogen-bond donors (Lipinski definition) is 0. The molecule has 0 bridgehead atoms. The number of aryl methyl sites for hydroxylation is 3. The van der Waals surface area contributed by atoms with Gasteiger partial charge in [0.15, 0.2) is 5.65 Å². The summed E-state index contributed by atoms with van der Waals surface area (Å²) < 4.78 is 2.06. The van der Waals surface area contributed by atoms with Crippen LogP contribution in [0.1, 0.15) is 36.2 Å². The summed E-state index contributed by atoms with van der Waals surface area (Å²) in [7, 11) is 0. The molecular formula is C18H18ClN3. The van der Waals surface area contributed by atoms with Crippen LogP contribution in [0.3, 0.4) is 0 Å². The average molecular weight is 312 g/mol. The highest BCUT2D eigenvalue weighted by molar-refractivity contribution is 6.30. The average Bonchev–Trinajstić information content (AvgIpc) is 2.69. The van der Waals surface area contributed by atoms with E-state index in [1.807, 2.05) is 31.3 Å². The highest BCUT2D eigenvalue weighted by Crippen LogP contribution is 2.31. The van der Waals surface area contributed by atoms with Crippen molar-refractivity contribution in [2.24, 2.45) is 0 Å². The van der Waals surface area contributed by atoms with Crippen molar-refractivity contribution in [3.8, 4) is 11.1 Å². The molecular weight excluding hydrogens is 294 g/mol. The Morgan fingerprint density at radius 1 is 1.14 bits per heavy atom. The summed E-state index contributed by atoms with van der Waals surface area (Å²) in [6.07, 6.45) is 8.02. The molecule has 0 N–H and O–H groups in total. The van der Waals surface area contributed by atoms with Gasteiger partial charge in [-0.3, -0.25) is 0 Å². The molecule has 1 aromatic carbocycles. The molecule has 1 aliphatic rings. The third-order valence-corrected chi connectivity index (χ3v) is 4.71. The van der Waals surface area contributed by atoms with Gasteiger partial charge < -0.3 is 0 Å². The zero-order chi connectivity index (χ0) is 15.1. The molecule has 112 valence electrons. The van der Waals surface area contributed by atoms with Gasteiger partial charge in [-0.05, 0) is 55.9 Å². The normalized spacial score (nSPS) is 14.8. The number of rotatable bonds is 1. The number of benzene rings is 1. The lowest BCUT2D eigenvalue weighted by Gasteiger charge is -2.08. The topological polar surface area (TPSA) is 30.2 Å². The first-order valence-electron chi connectivity index (χ1n) is 7.86. The van der Waals surface area contributed by atoms with Crippen molar-refractivity contribution >= 4 is 17.2 Å². The third kappa shape index (κ3) is 2.20. The maximum Gasteiger partial charge on any atom is 0.163 e. The maximum absolute atomic E-state index is 6.15. The van der Waals surface area contributed by atoms with Crippen molar-refractivity contribution in [3.63, 3.8) is 0 Å². The van der Waals surface area contributed by atoms with Gasteiger partial charge in [-0.25, -0.2) is 9.50 Å². The van der Waals surface area contributed by atoms with E-state index in [2.05, 4.69) is 10.6 Å². The Labute approximate surface area is 135 Å². The lowest BCUT2D eigenvalue weighted by Crippen LogP contribution is -2.04. The fourth-order valence-electron chi connectivity index (χ4n) is 3.41. The first-order valence-corrected chi connectivity index (χ1v) is 8.24. The second-order valence-electron chi connectivity index (χ2n) is 6.00. The van der Waals surface area contributed by atoms with Crippen LogP contribution in [0.2, 0.25) is 5.02 Å². The Hall–Kier alpha value is -1.87. The van der Waals surface area contributed by atoms with Gasteiger partial charge in [0.05, 0.1) is 5.69 Å². The fraction of sp³-hybridized carbons (Fsp3) is 0.333. The van der Waals surface area contributed by atoms with Crippen LogP contribution in [0.15, 0.2) is 30.5 Å². The molecule has 3 nitrogen and oxygen atoms in total. The molecule has 2 heterocycles. The second-order valence-corrected chi connectivity index (χ2v) is 6.43. The van der Waals surface area contributed by atoms with Crippen LogP contribution in [-0.4, -0.2) is 14.6 Å². The minimum atomic E-state index is 0.742. The SMILES string of the molecule is Cc1nn2c3c(cnc2c1-c1cccc(Cl)c1)CCCCC3. The molecule has 0 spiro atoms. The fourth-order valence-corrected chi connectivity index (χ4v) is 3.60. The van der Waals surface area contributed by atoms with E-state index in [0.29, 0.717) is 0 Å². The van der Waals surface area contributed by atoms with Gasteiger partial charge in [-0.2, -0.15) is 5.10 Å². The Balaban J connectivity index is 1.97. The summed E-state index contributed by atoms with van der Waals surface area (Å²) in [4.78, 5) is 4.72. The van der Waals surface area contributed by atoms with Crippen LogP contribution in [0.4, 0.5) is 0 Å². The standard InChI is InChI=1S/C18H18ClN3/c1-12-17(13-7-5-8-15(19)10-13)18-20-11-14-6-3-2-4-9-16(14)22(18)21-12/h5,7-8,10-11H,2-4,6,9H2,1H3. The summed E-state index contributed by atoms with van der Waals surface area (Å²) in [5.41, 5.74) is 6.81. The van der Waals surface area contributed by atoms with Crippen molar-refractivity contribution in [3.05, 3.63) is 52.4 Å². The van der Waals surface area contributed by atoms with Crippen molar-refractivity contribution in [2.75, 3.05) is 0 Å². The van der Waals surface area contributed by atoms with Gasteiger partial charge in [0.1, 0.15) is 0 Å². The minimum Gasteiger partial charge on any atom is -0.236 e. The molecule has 1 aliphatic carbocycles. The van der Waals surface area contributed by atoms with Crippen LogP contribution in [-0.2, 0) is 12.8 Å². The zero-order valence-corrected chi connectivity index (χ0v) is 13.4. The van der Waals surface area contributed by atoms with Gasteiger partial charge >= 0.3 is 0 Å². The van der Waals surface area contributed by atoms with Crippen molar-refractivity contribution < 1.29 is 0 Å². The lowest BCUT2D eigenvalue weighted by atomic mass is 10.1. The monoisotopic (exact) mass is 311 g/mol. The first-order chi connectivity index (χ1) is 10.7. The predicted octanol–water partition coefficient (Wildman–Crippen LogP) is 4.63. The Bertz CT molecular complexity index is 851. The number of fused-ring (bicyclic) bond motifs is 3. The zero-order valence-electron chi connectivity index (χ0n) is 12.6. The molecule has 0 radical (unpaired) electrons. The van der Waals surface area contributed by atoms with E-state index >= 15 is 0 Å². The van der Waals surface area contributed by atoms with E-state index in [0.717, 1.165) is 40.3 Å². The first kappa shape index (κ1) is 13.8. The molecule has 0 atom stereocenters. The van der Waals surface area contributed by atoms with Gasteiger partial charge in [0, 0.05) is 22.5 Å². The Morgan fingerprint density at radius 2 is 2.00 bits per heavy atom. The summed E-state index contributed by atoms with van der Waals surface area (Å²) in [5, 5.41) is 5.53. The van der Waals surface area contributed by atoms with Gasteiger partial charge in [0.2, 0.25) is 0 Å². The smallest absolute Gasteiger partial charge is 0.163 e. The molecule has 0 fully saturated rings. The largest absolute Gasteiger partial charge is 0.236 e. The van der Waals surface area contributed by atoms with E-state index < -0.39 is 0 Å². The van der Waals surface area contributed by atoms with Gasteiger partial charge in [-0.1, -0.05) is 30.2 Å². The molecule has 0 saturated carbocycles. The quantitative estimate of drug-likeness (QED) is 0.613. The molecule has 4 rings (SSSR count). The minimum absolute atomic E-state index is 0.742. The molecule has 3 aromatic rings. The number of nitrogens with zero attached hydrogens (tertiary/aromatic N) is 3. The van der Waals surface area contributed by atoms with E-state index in [4.69, 9.17) is 21.7 Å². The highest BCUT2D eigenvalue weighted by atomic mass is 35.5. The molecule has 0 saturated heterocycles. The molecule has 2 aromatic heterocycles. The van der Waals surface area contributed by atoms with Crippen LogP contribution in [0, 0.1) is 6.92 Å². The number of hydrogen-bond acceptors (Lipinski definition) is 2. The van der Waals surface area contributed by atoms with Crippen LogP contribution in [0.5, 0.6) is 0 Å². The Kier molecular flexibility index (Phi) is 3.38. The summed E-state index contributed by atoms with van der Waals surface area (Å²) in [5.74, 6) is 0. The summed E-state index contributed by atoms with van der Waals surface area (Å²) >= 11 is 6.15. The summed E-state index contributed by atoms with van der Waals surface area (Å²) in [6, 6.07) is 7.93. The number of aromatic nitrogens is 3. The third-order valence-electron chi connectivity index (χ3n) is 4.48. The highest BCUT2D eigenvalue weighted by Gasteiger charge is 2.18. The van der Waals surface area contributed by atoms with Crippen LogP contribution < -0.4 is 0 Å². The van der Waals surface area contributed by atoms with Crippen molar-refractivity contribution in [1.29, 1.82) is 0 Å². The molecule has 4 heteroatoms. The van der Waals surface area contributed by atoms with Crippen molar-refractivity contribution in [2.45, 2.75) is 39.0 Å². The molecule has 0 amide bonds. The molecule has 0 aliphatic heterocycles. The van der Waals surface area contributed by atoms with Crippen LogP contribution >= 0.6 is 11.6 Å². The lowest BCUT2D eigenvalue weighted by molar-refractivity contribution is 0.701. The van der Waals surface area contributed by atoms with E-state index in [1.54, 1.807) is 0 Å². The van der Waals surface area contributed by atoms with Gasteiger partial charge in [-0.15, -0.1) is 0 Å². The maximum atomic E-state index is 6.15. The van der Waals surface area contributed by atoms with Crippen LogP contribution in [0.25, 0.3) is 16.8 Å².